The van der Waals surface area contributed by atoms with E-state index >= 15 is 0 Å². The highest BCUT2D eigenvalue weighted by Gasteiger charge is 2.20. The number of rotatable bonds is 5. The molecule has 0 saturated carbocycles. The second-order valence-electron chi connectivity index (χ2n) is 5.79. The van der Waals surface area contributed by atoms with E-state index in [1.165, 1.54) is 0 Å². The van der Waals surface area contributed by atoms with Crippen LogP contribution in [0.3, 0.4) is 0 Å². The third-order valence-electron chi connectivity index (χ3n) is 4.08. The first-order valence-corrected chi connectivity index (χ1v) is 9.46. The van der Waals surface area contributed by atoms with Crippen LogP contribution in [0, 0.1) is 22.7 Å². The highest BCUT2D eigenvalue weighted by Crippen LogP contribution is 2.32. The van der Waals surface area contributed by atoms with Gasteiger partial charge in [-0.2, -0.15) is 15.6 Å². The van der Waals surface area contributed by atoms with E-state index in [1.54, 1.807) is 42.7 Å². The summed E-state index contributed by atoms with van der Waals surface area (Å²) in [5.41, 5.74) is 3.29. The van der Waals surface area contributed by atoms with E-state index in [-0.39, 0.29) is 33.3 Å². The Hall–Kier alpha value is -4.19. The predicted octanol–water partition coefficient (Wildman–Crippen LogP) is 1.07. The van der Waals surface area contributed by atoms with Gasteiger partial charge in [-0.3, -0.25) is 4.79 Å². The first kappa shape index (κ1) is 20.5. The van der Waals surface area contributed by atoms with Gasteiger partial charge in [0.25, 0.3) is 5.56 Å². The Kier molecular flexibility index (Phi) is 6.39. The summed E-state index contributed by atoms with van der Waals surface area (Å²) >= 11 is 1.11. The molecular weight excluding hydrogens is 402 g/mol. The van der Waals surface area contributed by atoms with Gasteiger partial charge < -0.3 is 16.3 Å². The van der Waals surface area contributed by atoms with Crippen LogP contribution in [0.25, 0.3) is 22.5 Å². The van der Waals surface area contributed by atoms with Gasteiger partial charge in [-0.05, 0) is 11.6 Å². The number of thioether (sulfide) groups is 1. The van der Waals surface area contributed by atoms with Gasteiger partial charge >= 0.3 is 0 Å². The molecule has 0 unspecified atom stereocenters. The maximum Gasteiger partial charge on any atom is 0.267 e. The van der Waals surface area contributed by atoms with Crippen LogP contribution in [0.15, 0.2) is 57.6 Å². The molecular formula is C19H15N9OS. The standard InChI is InChI=1S/C19H15N9OS/c20-8-13-16(11-2-4-12(5-3-11)17-24-6-1-7-25-17)14(9-21)19(26-18(13)29)30-10-15(27-22)28-23/h1-7H,10,22-23H2,(H,26,29)(H,27,28). The molecule has 30 heavy (non-hydrogen) atoms. The lowest BCUT2D eigenvalue weighted by atomic mass is 9.96. The Morgan fingerprint density at radius 1 is 1.13 bits per heavy atom. The van der Waals surface area contributed by atoms with Crippen LogP contribution < -0.4 is 22.7 Å². The molecule has 0 spiro atoms. The van der Waals surface area contributed by atoms with Crippen molar-refractivity contribution in [2.24, 2.45) is 16.8 Å². The van der Waals surface area contributed by atoms with Gasteiger partial charge in [-0.15, -0.1) is 0 Å². The number of hydrogen-bond acceptors (Lipinski definition) is 9. The topological polar surface area (TPSA) is 183 Å². The monoisotopic (exact) mass is 417 g/mol. The molecule has 1 aromatic carbocycles. The second-order valence-corrected chi connectivity index (χ2v) is 6.78. The van der Waals surface area contributed by atoms with Gasteiger partial charge in [0.2, 0.25) is 0 Å². The molecule has 0 aliphatic carbocycles. The lowest BCUT2D eigenvalue weighted by Gasteiger charge is -2.12. The summed E-state index contributed by atoms with van der Waals surface area (Å²) in [6.45, 7) is 0. The number of H-pyrrole nitrogens is 1. The molecule has 0 atom stereocenters. The molecule has 6 N–H and O–H groups in total. The van der Waals surface area contributed by atoms with Gasteiger partial charge in [0.15, 0.2) is 5.82 Å². The number of amidine groups is 1. The fourth-order valence-corrected chi connectivity index (χ4v) is 3.58. The normalized spacial score (nSPS) is 10.8. The van der Waals surface area contributed by atoms with Crippen molar-refractivity contribution in [1.82, 2.24) is 20.4 Å². The largest absolute Gasteiger partial charge is 0.322 e. The first-order chi connectivity index (χ1) is 14.6. The van der Waals surface area contributed by atoms with Gasteiger partial charge in [0.05, 0.1) is 16.3 Å². The highest BCUT2D eigenvalue weighted by molar-refractivity contribution is 8.00. The molecule has 0 bridgehead atoms. The number of nitrogens with two attached hydrogens (primary N) is 2. The molecule has 0 aliphatic heterocycles. The maximum absolute atomic E-state index is 12.5. The number of hydrazine groups is 1. The van der Waals surface area contributed by atoms with Crippen LogP contribution >= 0.6 is 11.8 Å². The van der Waals surface area contributed by atoms with Crippen molar-refractivity contribution in [1.29, 1.82) is 10.5 Å². The zero-order valence-corrected chi connectivity index (χ0v) is 16.3. The fraction of sp³-hybridized carbons (Fsp3) is 0.0526. The smallest absolute Gasteiger partial charge is 0.267 e. The molecule has 0 radical (unpaired) electrons. The molecule has 148 valence electrons. The summed E-state index contributed by atoms with van der Waals surface area (Å²) in [6, 6.07) is 12.6. The lowest BCUT2D eigenvalue weighted by molar-refractivity contribution is 0.995. The third-order valence-corrected chi connectivity index (χ3v) is 5.09. The van der Waals surface area contributed by atoms with Crippen molar-refractivity contribution in [2.45, 2.75) is 5.03 Å². The fourth-order valence-electron chi connectivity index (χ4n) is 2.68. The van der Waals surface area contributed by atoms with Crippen molar-refractivity contribution >= 4 is 17.6 Å². The number of aromatic nitrogens is 3. The lowest BCUT2D eigenvalue weighted by Crippen LogP contribution is -2.33. The minimum atomic E-state index is -0.601. The highest BCUT2D eigenvalue weighted by atomic mass is 32.2. The summed E-state index contributed by atoms with van der Waals surface area (Å²) in [7, 11) is 0. The van der Waals surface area contributed by atoms with Gasteiger partial charge in [0.1, 0.15) is 23.5 Å². The number of nitrogens with one attached hydrogen (secondary N) is 2. The van der Waals surface area contributed by atoms with E-state index in [2.05, 4.69) is 31.5 Å². The Balaban J connectivity index is 2.10. The Bertz CT molecular complexity index is 1220. The summed E-state index contributed by atoms with van der Waals surface area (Å²) in [4.78, 5) is 23.4. The van der Waals surface area contributed by atoms with Crippen molar-refractivity contribution in [3.05, 3.63) is 64.2 Å². The summed E-state index contributed by atoms with van der Waals surface area (Å²) in [6.07, 6.45) is 3.26. The summed E-state index contributed by atoms with van der Waals surface area (Å²) in [5.74, 6) is 11.5. The molecule has 0 amide bonds. The quantitative estimate of drug-likeness (QED) is 0.155. The van der Waals surface area contributed by atoms with E-state index in [9.17, 15) is 15.3 Å². The minimum Gasteiger partial charge on any atom is -0.322 e. The van der Waals surface area contributed by atoms with E-state index in [0.29, 0.717) is 11.4 Å². The molecule has 10 nitrogen and oxygen atoms in total. The summed E-state index contributed by atoms with van der Waals surface area (Å²) < 4.78 is 0. The van der Waals surface area contributed by atoms with E-state index in [4.69, 9.17) is 11.7 Å². The Morgan fingerprint density at radius 2 is 1.77 bits per heavy atom. The Labute approximate surface area is 175 Å². The number of hydrogen-bond donors (Lipinski definition) is 4. The molecule has 11 heteroatoms. The van der Waals surface area contributed by atoms with Gasteiger partial charge in [-0.1, -0.05) is 36.0 Å². The summed E-state index contributed by atoms with van der Waals surface area (Å²) in [5, 5.41) is 23.1. The van der Waals surface area contributed by atoms with Crippen LogP contribution in [-0.2, 0) is 0 Å². The number of pyridine rings is 1. The Morgan fingerprint density at radius 3 is 2.33 bits per heavy atom. The maximum atomic E-state index is 12.5. The van der Waals surface area contributed by atoms with Crippen molar-refractivity contribution in [2.75, 3.05) is 5.75 Å². The number of nitrogens with zero attached hydrogens (tertiary/aromatic N) is 5. The molecule has 2 heterocycles. The van der Waals surface area contributed by atoms with Crippen LogP contribution in [0.1, 0.15) is 11.1 Å². The van der Waals surface area contributed by atoms with Crippen LogP contribution in [-0.4, -0.2) is 26.5 Å². The van der Waals surface area contributed by atoms with Crippen LogP contribution in [0.4, 0.5) is 0 Å². The van der Waals surface area contributed by atoms with Crippen LogP contribution in [0.5, 0.6) is 0 Å². The predicted molar refractivity (Wildman–Crippen MR) is 113 cm³/mol. The van der Waals surface area contributed by atoms with E-state index in [0.717, 1.165) is 17.3 Å². The zero-order valence-electron chi connectivity index (χ0n) is 15.5. The van der Waals surface area contributed by atoms with Gasteiger partial charge in [-0.25, -0.2) is 15.8 Å². The molecule has 3 aromatic rings. The van der Waals surface area contributed by atoms with Crippen molar-refractivity contribution in [3.8, 4) is 34.7 Å². The molecule has 2 aromatic heterocycles. The zero-order chi connectivity index (χ0) is 21.5. The average Bonchev–Trinajstić information content (AvgIpc) is 2.80. The number of hydrazone groups is 1. The second kappa shape index (κ2) is 9.34. The molecule has 3 rings (SSSR count). The minimum absolute atomic E-state index is 0.149. The van der Waals surface area contributed by atoms with Crippen molar-refractivity contribution in [3.63, 3.8) is 0 Å². The average molecular weight is 417 g/mol. The molecule has 0 fully saturated rings. The molecule has 0 saturated heterocycles. The van der Waals surface area contributed by atoms with E-state index in [1.807, 2.05) is 6.07 Å². The van der Waals surface area contributed by atoms with Gasteiger partial charge in [0, 0.05) is 23.5 Å². The SMILES string of the molecule is N#Cc1c(SC/C(=N/N)NN)[nH]c(=O)c(C#N)c1-c1ccc(-c2ncccn2)cc1. The molecule has 0 aliphatic rings. The first-order valence-electron chi connectivity index (χ1n) is 8.47. The van der Waals surface area contributed by atoms with Crippen LogP contribution in [0.2, 0.25) is 0 Å². The number of benzene rings is 1. The number of nitriles is 2. The van der Waals surface area contributed by atoms with E-state index < -0.39 is 5.56 Å². The third kappa shape index (κ3) is 4.12. The van der Waals surface area contributed by atoms with Crippen molar-refractivity contribution < 1.29 is 0 Å². The number of aromatic amines is 1.